The van der Waals surface area contributed by atoms with Gasteiger partial charge in [-0.25, -0.2) is 9.67 Å². The van der Waals surface area contributed by atoms with Gasteiger partial charge in [0.05, 0.1) is 18.4 Å². The lowest BCUT2D eigenvalue weighted by Gasteiger charge is -2.19. The zero-order valence-corrected chi connectivity index (χ0v) is 9.71. The minimum absolute atomic E-state index is 0.617. The summed E-state index contributed by atoms with van der Waals surface area (Å²) in [5.74, 6) is 1.75. The Morgan fingerprint density at radius 1 is 1.29 bits per heavy atom. The van der Waals surface area contributed by atoms with Crippen molar-refractivity contribution in [1.29, 1.82) is 0 Å². The summed E-state index contributed by atoms with van der Waals surface area (Å²) in [5, 5.41) is 11.1. The number of hydrogen-bond donors (Lipinski definition) is 1. The van der Waals surface area contributed by atoms with E-state index in [1.807, 2.05) is 6.20 Å². The van der Waals surface area contributed by atoms with Gasteiger partial charge >= 0.3 is 0 Å². The van der Waals surface area contributed by atoms with Crippen molar-refractivity contribution < 1.29 is 0 Å². The lowest BCUT2D eigenvalue weighted by molar-refractivity contribution is 0.430. The number of aromatic amines is 1. The summed E-state index contributed by atoms with van der Waals surface area (Å²) in [6, 6.07) is 0. The molecule has 1 saturated carbocycles. The quantitative estimate of drug-likeness (QED) is 0.870. The third-order valence-corrected chi connectivity index (χ3v) is 3.36. The summed E-state index contributed by atoms with van der Waals surface area (Å²) in [4.78, 5) is 7.88. The molecular formula is C11H16N6. The Morgan fingerprint density at radius 3 is 2.94 bits per heavy atom. The van der Waals surface area contributed by atoms with Crippen molar-refractivity contribution in [2.75, 3.05) is 0 Å². The first-order valence-corrected chi connectivity index (χ1v) is 6.16. The molecule has 0 bridgehead atoms. The molecule has 0 radical (unpaired) electrons. The Balaban J connectivity index is 1.69. The van der Waals surface area contributed by atoms with E-state index in [4.69, 9.17) is 0 Å². The highest BCUT2D eigenvalue weighted by molar-refractivity contribution is 5.06. The molecule has 0 aliphatic heterocycles. The molecule has 1 aliphatic carbocycles. The number of H-pyrrole nitrogens is 1. The Hall–Kier alpha value is -1.72. The van der Waals surface area contributed by atoms with E-state index in [-0.39, 0.29) is 0 Å². The second kappa shape index (κ2) is 4.65. The highest BCUT2D eigenvalue weighted by Crippen LogP contribution is 2.30. The van der Waals surface area contributed by atoms with Crippen LogP contribution >= 0.6 is 0 Å². The Kier molecular flexibility index (Phi) is 2.85. The summed E-state index contributed by atoms with van der Waals surface area (Å²) in [6.45, 7) is 0.659. The number of imidazole rings is 1. The van der Waals surface area contributed by atoms with Crippen LogP contribution in [0.4, 0.5) is 0 Å². The van der Waals surface area contributed by atoms with Crippen molar-refractivity contribution in [3.63, 3.8) is 0 Å². The number of tetrazole rings is 1. The average Bonchev–Trinajstić information content (AvgIpc) is 3.02. The summed E-state index contributed by atoms with van der Waals surface area (Å²) >= 11 is 0. The van der Waals surface area contributed by atoms with Crippen LogP contribution in [0.3, 0.4) is 0 Å². The van der Waals surface area contributed by atoms with Gasteiger partial charge in [-0.05, 0) is 23.3 Å². The fraction of sp³-hybridized carbons (Fsp3) is 0.636. The van der Waals surface area contributed by atoms with Crippen molar-refractivity contribution >= 4 is 0 Å². The summed E-state index contributed by atoms with van der Waals surface area (Å²) < 4.78 is 1.69. The van der Waals surface area contributed by atoms with Crippen molar-refractivity contribution in [1.82, 2.24) is 30.2 Å². The number of hydrogen-bond acceptors (Lipinski definition) is 4. The van der Waals surface area contributed by atoms with Crippen LogP contribution in [0.1, 0.15) is 49.5 Å². The average molecular weight is 232 g/mol. The largest absolute Gasteiger partial charge is 0.344 e. The van der Waals surface area contributed by atoms with Gasteiger partial charge in [0, 0.05) is 5.92 Å². The molecule has 2 aromatic rings. The van der Waals surface area contributed by atoms with Crippen molar-refractivity contribution in [2.45, 2.75) is 44.6 Å². The lowest BCUT2D eigenvalue weighted by Crippen LogP contribution is -2.07. The van der Waals surface area contributed by atoms with Crippen molar-refractivity contribution in [3.8, 4) is 0 Å². The molecule has 0 spiro atoms. The zero-order valence-electron chi connectivity index (χ0n) is 9.71. The second-order valence-corrected chi connectivity index (χ2v) is 4.64. The molecule has 6 nitrogen and oxygen atoms in total. The predicted molar refractivity (Wildman–Crippen MR) is 61.3 cm³/mol. The minimum Gasteiger partial charge on any atom is -0.344 e. The Labute approximate surface area is 99.4 Å². The molecule has 1 fully saturated rings. The van der Waals surface area contributed by atoms with Gasteiger partial charge in [0.2, 0.25) is 0 Å². The van der Waals surface area contributed by atoms with Gasteiger partial charge in [0.25, 0.3) is 0 Å². The van der Waals surface area contributed by atoms with Gasteiger partial charge in [-0.15, -0.1) is 5.10 Å². The molecule has 90 valence electrons. The molecule has 2 heterocycles. The van der Waals surface area contributed by atoms with E-state index >= 15 is 0 Å². The summed E-state index contributed by atoms with van der Waals surface area (Å²) in [6.07, 6.45) is 10.1. The highest BCUT2D eigenvalue weighted by atomic mass is 15.5. The molecule has 0 unspecified atom stereocenters. The van der Waals surface area contributed by atoms with Gasteiger partial charge in [0.1, 0.15) is 12.2 Å². The summed E-state index contributed by atoms with van der Waals surface area (Å²) in [5.41, 5.74) is 1.07. The molecule has 0 amide bonds. The first-order chi connectivity index (χ1) is 8.42. The number of nitrogens with zero attached hydrogens (tertiary/aromatic N) is 5. The van der Waals surface area contributed by atoms with Crippen LogP contribution in [0.5, 0.6) is 0 Å². The molecule has 0 saturated heterocycles. The van der Waals surface area contributed by atoms with E-state index in [1.165, 1.54) is 32.1 Å². The van der Waals surface area contributed by atoms with Crippen LogP contribution in [-0.4, -0.2) is 30.2 Å². The van der Waals surface area contributed by atoms with E-state index in [0.717, 1.165) is 11.5 Å². The predicted octanol–water partition coefficient (Wildman–Crippen LogP) is 1.49. The van der Waals surface area contributed by atoms with Crippen LogP contribution in [0.15, 0.2) is 12.5 Å². The third-order valence-electron chi connectivity index (χ3n) is 3.36. The fourth-order valence-corrected chi connectivity index (χ4v) is 2.47. The van der Waals surface area contributed by atoms with E-state index in [2.05, 4.69) is 25.5 Å². The Bertz CT molecular complexity index is 454. The summed E-state index contributed by atoms with van der Waals surface area (Å²) in [7, 11) is 0. The zero-order chi connectivity index (χ0) is 11.5. The molecule has 0 atom stereocenters. The SMILES string of the molecule is c1nc(C2CCCCC2)[nH]c1Cn1cnnn1. The van der Waals surface area contributed by atoms with E-state index in [9.17, 15) is 0 Å². The first kappa shape index (κ1) is 10.4. The number of rotatable bonds is 3. The van der Waals surface area contributed by atoms with Gasteiger partial charge in [-0.2, -0.15) is 0 Å². The standard InChI is InChI=1S/C11H16N6/c1-2-4-9(5-3-1)11-12-6-10(14-11)7-17-8-13-15-16-17/h6,8-9H,1-5,7H2,(H,12,14). The molecule has 3 rings (SSSR count). The molecule has 17 heavy (non-hydrogen) atoms. The monoisotopic (exact) mass is 232 g/mol. The van der Waals surface area contributed by atoms with Gasteiger partial charge in [-0.1, -0.05) is 19.3 Å². The molecule has 6 heteroatoms. The van der Waals surface area contributed by atoms with E-state index in [0.29, 0.717) is 12.5 Å². The smallest absolute Gasteiger partial charge is 0.138 e. The van der Waals surface area contributed by atoms with Gasteiger partial charge in [0.15, 0.2) is 0 Å². The molecule has 0 aromatic carbocycles. The maximum atomic E-state index is 4.48. The molecule has 1 aliphatic rings. The van der Waals surface area contributed by atoms with Crippen LogP contribution in [-0.2, 0) is 6.54 Å². The van der Waals surface area contributed by atoms with Crippen LogP contribution in [0.2, 0.25) is 0 Å². The van der Waals surface area contributed by atoms with Gasteiger partial charge in [-0.3, -0.25) is 0 Å². The third kappa shape index (κ3) is 2.35. The van der Waals surface area contributed by atoms with Crippen molar-refractivity contribution in [3.05, 3.63) is 24.0 Å². The van der Waals surface area contributed by atoms with Gasteiger partial charge < -0.3 is 4.98 Å². The van der Waals surface area contributed by atoms with E-state index in [1.54, 1.807) is 11.0 Å². The maximum Gasteiger partial charge on any atom is 0.138 e. The topological polar surface area (TPSA) is 72.3 Å². The highest BCUT2D eigenvalue weighted by Gasteiger charge is 2.18. The number of aromatic nitrogens is 6. The maximum absolute atomic E-state index is 4.48. The Morgan fingerprint density at radius 2 is 2.18 bits per heavy atom. The number of nitrogens with one attached hydrogen (secondary N) is 1. The fourth-order valence-electron chi connectivity index (χ4n) is 2.47. The van der Waals surface area contributed by atoms with E-state index < -0.39 is 0 Å². The van der Waals surface area contributed by atoms with Crippen LogP contribution < -0.4 is 0 Å². The van der Waals surface area contributed by atoms with Crippen molar-refractivity contribution in [2.24, 2.45) is 0 Å². The van der Waals surface area contributed by atoms with Crippen LogP contribution in [0, 0.1) is 0 Å². The first-order valence-electron chi connectivity index (χ1n) is 6.16. The molecule has 1 N–H and O–H groups in total. The van der Waals surface area contributed by atoms with Crippen LogP contribution in [0.25, 0.3) is 0 Å². The lowest BCUT2D eigenvalue weighted by atomic mass is 9.89. The minimum atomic E-state index is 0.617. The second-order valence-electron chi connectivity index (χ2n) is 4.64. The molecule has 2 aromatic heterocycles. The molecular weight excluding hydrogens is 216 g/mol. The normalized spacial score (nSPS) is 17.4.